The van der Waals surface area contributed by atoms with Crippen molar-refractivity contribution in [2.24, 2.45) is 0 Å². The van der Waals surface area contributed by atoms with E-state index in [1.54, 1.807) is 53.0 Å². The highest BCUT2D eigenvalue weighted by molar-refractivity contribution is 6.00. The van der Waals surface area contributed by atoms with E-state index >= 15 is 0 Å². The molecule has 0 radical (unpaired) electrons. The number of methoxy groups -OCH3 is 2. The first-order chi connectivity index (χ1) is 12.8. The van der Waals surface area contributed by atoms with Gasteiger partial charge in [-0.2, -0.15) is 0 Å². The Morgan fingerprint density at radius 3 is 2.37 bits per heavy atom. The van der Waals surface area contributed by atoms with Gasteiger partial charge in [0, 0.05) is 19.3 Å². The number of aryl methyl sites for hydroxylation is 1. The maximum Gasteiger partial charge on any atom is 0.340 e. The van der Waals surface area contributed by atoms with Crippen molar-refractivity contribution in [1.82, 2.24) is 9.88 Å². The van der Waals surface area contributed by atoms with Gasteiger partial charge >= 0.3 is 5.97 Å². The van der Waals surface area contributed by atoms with Gasteiger partial charge in [0.2, 0.25) is 0 Å². The van der Waals surface area contributed by atoms with E-state index in [9.17, 15) is 9.59 Å². The molecule has 0 aliphatic rings. The maximum absolute atomic E-state index is 12.9. The van der Waals surface area contributed by atoms with Crippen LogP contribution in [0, 0.1) is 13.8 Å². The largest absolute Gasteiger partial charge is 0.493 e. The standard InChI is InChI=1S/C20H26N2O5/c1-7-27-20(24)17-12(2)18(21-13(17)3)19(23)22(4)11-14-8-9-15(25-5)16(10-14)26-6/h8-10,21H,7,11H2,1-6H3. The van der Waals surface area contributed by atoms with E-state index < -0.39 is 5.97 Å². The number of amides is 1. The molecule has 1 aromatic heterocycles. The summed E-state index contributed by atoms with van der Waals surface area (Å²) in [5.41, 5.74) is 2.91. The Morgan fingerprint density at radius 2 is 1.78 bits per heavy atom. The van der Waals surface area contributed by atoms with E-state index in [0.717, 1.165) is 5.56 Å². The monoisotopic (exact) mass is 374 g/mol. The van der Waals surface area contributed by atoms with E-state index in [0.29, 0.717) is 40.6 Å². The van der Waals surface area contributed by atoms with Gasteiger partial charge in [-0.05, 0) is 44.0 Å². The SMILES string of the molecule is CCOC(=O)c1c(C)[nH]c(C(=O)N(C)Cc2ccc(OC)c(OC)c2)c1C. The Morgan fingerprint density at radius 1 is 1.11 bits per heavy atom. The van der Waals surface area contributed by atoms with E-state index in [-0.39, 0.29) is 12.5 Å². The van der Waals surface area contributed by atoms with Crippen LogP contribution < -0.4 is 9.47 Å². The first-order valence-electron chi connectivity index (χ1n) is 8.66. The number of H-pyrrole nitrogens is 1. The van der Waals surface area contributed by atoms with E-state index in [1.807, 2.05) is 12.1 Å². The molecule has 146 valence electrons. The summed E-state index contributed by atoms with van der Waals surface area (Å²) in [6, 6.07) is 5.51. The summed E-state index contributed by atoms with van der Waals surface area (Å²) in [5, 5.41) is 0. The summed E-state index contributed by atoms with van der Waals surface area (Å²) < 4.78 is 15.6. The van der Waals surface area contributed by atoms with Crippen molar-refractivity contribution < 1.29 is 23.8 Å². The lowest BCUT2D eigenvalue weighted by Gasteiger charge is -2.18. The second kappa shape index (κ2) is 8.62. The molecule has 7 heteroatoms. The van der Waals surface area contributed by atoms with Crippen LogP contribution in [-0.2, 0) is 11.3 Å². The quantitative estimate of drug-likeness (QED) is 0.753. The third-order valence-electron chi connectivity index (χ3n) is 4.35. The molecule has 0 aliphatic heterocycles. The maximum atomic E-state index is 12.9. The van der Waals surface area contributed by atoms with Crippen LogP contribution in [0.1, 0.15) is 44.6 Å². The fourth-order valence-corrected chi connectivity index (χ4v) is 2.99. The molecule has 0 bridgehead atoms. The van der Waals surface area contributed by atoms with Crippen LogP contribution in [0.2, 0.25) is 0 Å². The van der Waals surface area contributed by atoms with Gasteiger partial charge in [0.15, 0.2) is 11.5 Å². The van der Waals surface area contributed by atoms with Gasteiger partial charge in [0.1, 0.15) is 5.69 Å². The molecule has 1 aromatic carbocycles. The zero-order chi connectivity index (χ0) is 20.1. The number of hydrogen-bond donors (Lipinski definition) is 1. The Balaban J connectivity index is 2.23. The third kappa shape index (κ3) is 4.24. The number of rotatable bonds is 7. The highest BCUT2D eigenvalue weighted by Gasteiger charge is 2.24. The number of aromatic amines is 1. The van der Waals surface area contributed by atoms with Gasteiger partial charge < -0.3 is 24.1 Å². The van der Waals surface area contributed by atoms with Gasteiger partial charge in [-0.15, -0.1) is 0 Å². The summed E-state index contributed by atoms with van der Waals surface area (Å²) in [7, 11) is 4.85. The fraction of sp³-hybridized carbons (Fsp3) is 0.400. The molecular weight excluding hydrogens is 348 g/mol. The lowest BCUT2D eigenvalue weighted by atomic mass is 10.1. The highest BCUT2D eigenvalue weighted by atomic mass is 16.5. The third-order valence-corrected chi connectivity index (χ3v) is 4.35. The highest BCUT2D eigenvalue weighted by Crippen LogP contribution is 2.28. The molecule has 0 aliphatic carbocycles. The van der Waals surface area contributed by atoms with Crippen LogP contribution in [0.25, 0.3) is 0 Å². The Kier molecular flexibility index (Phi) is 6.50. The number of carbonyl (C=O) groups excluding carboxylic acids is 2. The number of ether oxygens (including phenoxy) is 3. The molecule has 0 fully saturated rings. The van der Waals surface area contributed by atoms with Crippen molar-refractivity contribution in [3.05, 3.63) is 46.3 Å². The van der Waals surface area contributed by atoms with Crippen molar-refractivity contribution in [2.45, 2.75) is 27.3 Å². The predicted molar refractivity (Wildman–Crippen MR) is 102 cm³/mol. The molecule has 0 atom stereocenters. The molecule has 1 amide bonds. The normalized spacial score (nSPS) is 10.4. The van der Waals surface area contributed by atoms with E-state index in [1.165, 1.54) is 0 Å². The van der Waals surface area contributed by atoms with Gasteiger partial charge in [0.05, 0.1) is 26.4 Å². The molecule has 1 N–H and O–H groups in total. The van der Waals surface area contributed by atoms with Crippen LogP contribution in [0.4, 0.5) is 0 Å². The van der Waals surface area contributed by atoms with Crippen molar-refractivity contribution in [1.29, 1.82) is 0 Å². The molecule has 0 saturated carbocycles. The first kappa shape index (κ1) is 20.4. The number of nitrogens with one attached hydrogen (secondary N) is 1. The lowest BCUT2D eigenvalue weighted by Crippen LogP contribution is -2.27. The predicted octanol–water partition coefficient (Wildman–Crippen LogP) is 3.10. The molecule has 27 heavy (non-hydrogen) atoms. The van der Waals surface area contributed by atoms with Crippen LogP contribution in [0.5, 0.6) is 11.5 Å². The average Bonchev–Trinajstić information content (AvgIpc) is 2.95. The van der Waals surface area contributed by atoms with Crippen molar-refractivity contribution >= 4 is 11.9 Å². The summed E-state index contributed by atoms with van der Waals surface area (Å²) in [6.45, 7) is 5.91. The van der Waals surface area contributed by atoms with Gasteiger partial charge in [0.25, 0.3) is 5.91 Å². The van der Waals surface area contributed by atoms with Crippen LogP contribution in [0.15, 0.2) is 18.2 Å². The van der Waals surface area contributed by atoms with Gasteiger partial charge in [-0.25, -0.2) is 4.79 Å². The topological polar surface area (TPSA) is 80.9 Å². The minimum atomic E-state index is -0.426. The summed E-state index contributed by atoms with van der Waals surface area (Å²) in [4.78, 5) is 29.6. The molecule has 0 unspecified atom stereocenters. The second-order valence-electron chi connectivity index (χ2n) is 6.20. The Labute approximate surface area is 159 Å². The van der Waals surface area contributed by atoms with Crippen molar-refractivity contribution in [2.75, 3.05) is 27.9 Å². The summed E-state index contributed by atoms with van der Waals surface area (Å²) in [6.07, 6.45) is 0. The van der Waals surface area contributed by atoms with E-state index in [4.69, 9.17) is 14.2 Å². The Hall–Kier alpha value is -2.96. The first-order valence-corrected chi connectivity index (χ1v) is 8.66. The average molecular weight is 374 g/mol. The van der Waals surface area contributed by atoms with Crippen molar-refractivity contribution in [3.63, 3.8) is 0 Å². The summed E-state index contributed by atoms with van der Waals surface area (Å²) in [5.74, 6) is 0.601. The minimum absolute atomic E-state index is 0.207. The zero-order valence-electron chi connectivity index (χ0n) is 16.6. The summed E-state index contributed by atoms with van der Waals surface area (Å²) >= 11 is 0. The zero-order valence-corrected chi connectivity index (χ0v) is 16.6. The Bertz CT molecular complexity index is 841. The van der Waals surface area contributed by atoms with Crippen LogP contribution >= 0.6 is 0 Å². The molecule has 1 heterocycles. The number of nitrogens with zero attached hydrogens (tertiary/aromatic N) is 1. The number of aromatic nitrogens is 1. The van der Waals surface area contributed by atoms with Crippen LogP contribution in [-0.4, -0.2) is 49.6 Å². The number of hydrogen-bond acceptors (Lipinski definition) is 5. The number of esters is 1. The van der Waals surface area contributed by atoms with Crippen molar-refractivity contribution in [3.8, 4) is 11.5 Å². The lowest BCUT2D eigenvalue weighted by molar-refractivity contribution is 0.0525. The fourth-order valence-electron chi connectivity index (χ4n) is 2.99. The molecule has 2 rings (SSSR count). The molecule has 0 spiro atoms. The van der Waals surface area contributed by atoms with Crippen LogP contribution in [0.3, 0.4) is 0 Å². The number of benzene rings is 1. The van der Waals surface area contributed by atoms with Gasteiger partial charge in [-0.1, -0.05) is 6.07 Å². The minimum Gasteiger partial charge on any atom is -0.493 e. The molecule has 7 nitrogen and oxygen atoms in total. The molecular formula is C20H26N2O5. The molecule has 0 saturated heterocycles. The molecule has 2 aromatic rings. The van der Waals surface area contributed by atoms with Gasteiger partial charge in [-0.3, -0.25) is 4.79 Å². The smallest absolute Gasteiger partial charge is 0.340 e. The number of carbonyl (C=O) groups is 2. The van der Waals surface area contributed by atoms with E-state index in [2.05, 4.69) is 4.98 Å². The second-order valence-corrected chi connectivity index (χ2v) is 6.20.